The van der Waals surface area contributed by atoms with Crippen LogP contribution in [0.15, 0.2) is 24.3 Å². The van der Waals surface area contributed by atoms with E-state index < -0.39 is 54.9 Å². The summed E-state index contributed by atoms with van der Waals surface area (Å²) < 4.78 is 0. The van der Waals surface area contributed by atoms with Crippen LogP contribution in [0.1, 0.15) is 12.0 Å². The summed E-state index contributed by atoms with van der Waals surface area (Å²) in [5.41, 5.74) is 6.39. The Labute approximate surface area is 153 Å². The molecule has 8 N–H and O–H groups in total. The molecule has 1 rings (SSSR count). The number of phenols is 1. The fourth-order valence-corrected chi connectivity index (χ4v) is 2.10. The second kappa shape index (κ2) is 10.1. The topological polar surface area (TPSA) is 199 Å². The number of nitrogens with one attached hydrogen (secondary N) is 2. The third-order valence-corrected chi connectivity index (χ3v) is 3.54. The highest BCUT2D eigenvalue weighted by atomic mass is 16.4. The summed E-state index contributed by atoms with van der Waals surface area (Å²) in [6, 6.07) is 1.65. The number of carbonyl (C=O) groups is 4. The van der Waals surface area contributed by atoms with E-state index in [0.29, 0.717) is 5.56 Å². The highest BCUT2D eigenvalue weighted by molar-refractivity contribution is 5.92. The van der Waals surface area contributed by atoms with Gasteiger partial charge in [0, 0.05) is 0 Å². The summed E-state index contributed by atoms with van der Waals surface area (Å²) in [7, 11) is 0. The number of aliphatic hydroxyl groups excluding tert-OH is 1. The molecular formula is C16H21N3O8. The van der Waals surface area contributed by atoms with Crippen LogP contribution in [0.5, 0.6) is 5.75 Å². The van der Waals surface area contributed by atoms with Crippen molar-refractivity contribution in [1.82, 2.24) is 10.6 Å². The molecule has 0 fully saturated rings. The van der Waals surface area contributed by atoms with Crippen molar-refractivity contribution in [1.29, 1.82) is 0 Å². The maximum atomic E-state index is 12.1. The minimum atomic E-state index is -1.72. The summed E-state index contributed by atoms with van der Waals surface area (Å²) in [4.78, 5) is 45.7. The number of hydrogen-bond acceptors (Lipinski definition) is 7. The molecule has 148 valence electrons. The lowest BCUT2D eigenvalue weighted by atomic mass is 10.1. The lowest BCUT2D eigenvalue weighted by molar-refractivity contribution is -0.147. The average Bonchev–Trinajstić information content (AvgIpc) is 2.60. The van der Waals surface area contributed by atoms with E-state index in [1.54, 1.807) is 12.1 Å². The Morgan fingerprint density at radius 2 is 1.52 bits per heavy atom. The Morgan fingerprint density at radius 1 is 0.963 bits per heavy atom. The van der Waals surface area contributed by atoms with Gasteiger partial charge in [-0.25, -0.2) is 4.79 Å². The Balaban J connectivity index is 2.67. The lowest BCUT2D eigenvalue weighted by Gasteiger charge is -2.21. The van der Waals surface area contributed by atoms with Gasteiger partial charge in [-0.3, -0.25) is 14.4 Å². The molecule has 0 spiro atoms. The third kappa shape index (κ3) is 7.30. The second-order valence-electron chi connectivity index (χ2n) is 5.72. The van der Waals surface area contributed by atoms with Crippen molar-refractivity contribution in [3.63, 3.8) is 0 Å². The van der Waals surface area contributed by atoms with Gasteiger partial charge in [-0.2, -0.15) is 0 Å². The minimum Gasteiger partial charge on any atom is -0.508 e. The molecule has 0 radical (unpaired) electrons. The van der Waals surface area contributed by atoms with Gasteiger partial charge in [-0.1, -0.05) is 12.1 Å². The first-order valence-corrected chi connectivity index (χ1v) is 7.83. The van der Waals surface area contributed by atoms with E-state index in [1.165, 1.54) is 12.1 Å². The van der Waals surface area contributed by atoms with E-state index in [1.807, 2.05) is 5.32 Å². The number of benzene rings is 1. The van der Waals surface area contributed by atoms with Crippen molar-refractivity contribution in [2.45, 2.75) is 31.0 Å². The van der Waals surface area contributed by atoms with Gasteiger partial charge < -0.3 is 36.8 Å². The largest absolute Gasteiger partial charge is 0.508 e. The molecule has 0 saturated heterocycles. The van der Waals surface area contributed by atoms with Crippen LogP contribution in [0.25, 0.3) is 0 Å². The summed E-state index contributed by atoms with van der Waals surface area (Å²) in [5, 5.41) is 40.2. The number of aliphatic hydroxyl groups is 1. The van der Waals surface area contributed by atoms with Gasteiger partial charge in [0.2, 0.25) is 11.8 Å². The summed E-state index contributed by atoms with van der Waals surface area (Å²) in [5.74, 6) is -4.80. The number of carboxylic acids is 2. The predicted molar refractivity (Wildman–Crippen MR) is 90.6 cm³/mol. The smallest absolute Gasteiger partial charge is 0.326 e. The van der Waals surface area contributed by atoms with E-state index in [-0.39, 0.29) is 12.2 Å². The Bertz CT molecular complexity index is 691. The van der Waals surface area contributed by atoms with Crippen LogP contribution in [0.2, 0.25) is 0 Å². The van der Waals surface area contributed by atoms with Crippen molar-refractivity contribution in [3.8, 4) is 5.75 Å². The first kappa shape index (κ1) is 21.9. The SMILES string of the molecule is N[C@@H](Cc1ccc(O)cc1)C(=O)N[C@@H](CO)C(=O)N[C@@H](CC(=O)O)C(=O)O. The predicted octanol–water partition coefficient (Wildman–Crippen LogP) is -2.22. The number of aromatic hydroxyl groups is 1. The van der Waals surface area contributed by atoms with Gasteiger partial charge in [-0.05, 0) is 24.1 Å². The molecule has 0 aromatic heterocycles. The molecule has 3 atom stereocenters. The van der Waals surface area contributed by atoms with Crippen LogP contribution < -0.4 is 16.4 Å². The molecule has 0 aliphatic rings. The second-order valence-corrected chi connectivity index (χ2v) is 5.72. The van der Waals surface area contributed by atoms with Crippen LogP contribution in [-0.2, 0) is 25.6 Å². The van der Waals surface area contributed by atoms with Crippen molar-refractivity contribution < 1.29 is 39.6 Å². The fraction of sp³-hybridized carbons (Fsp3) is 0.375. The molecular weight excluding hydrogens is 362 g/mol. The number of aliphatic carboxylic acids is 2. The van der Waals surface area contributed by atoms with Gasteiger partial charge in [0.1, 0.15) is 17.8 Å². The first-order valence-electron chi connectivity index (χ1n) is 7.83. The molecule has 27 heavy (non-hydrogen) atoms. The summed E-state index contributed by atoms with van der Waals surface area (Å²) in [6.07, 6.45) is -0.782. The van der Waals surface area contributed by atoms with Crippen molar-refractivity contribution in [2.75, 3.05) is 6.61 Å². The Hall–Kier alpha value is -3.18. The zero-order valence-electron chi connectivity index (χ0n) is 14.2. The molecule has 1 aromatic carbocycles. The van der Waals surface area contributed by atoms with Crippen LogP contribution >= 0.6 is 0 Å². The number of nitrogens with two attached hydrogens (primary N) is 1. The average molecular weight is 383 g/mol. The van der Waals surface area contributed by atoms with Gasteiger partial charge in [-0.15, -0.1) is 0 Å². The number of phenolic OH excluding ortho intramolecular Hbond substituents is 1. The number of carbonyl (C=O) groups excluding carboxylic acids is 2. The zero-order chi connectivity index (χ0) is 20.6. The maximum Gasteiger partial charge on any atom is 0.326 e. The van der Waals surface area contributed by atoms with Gasteiger partial charge in [0.05, 0.1) is 19.1 Å². The number of carboxylic acid groups (broad SMARTS) is 2. The van der Waals surface area contributed by atoms with Crippen LogP contribution in [0, 0.1) is 0 Å². The molecule has 0 saturated carbocycles. The molecule has 0 aliphatic heterocycles. The van der Waals surface area contributed by atoms with Crippen LogP contribution in [0.4, 0.5) is 0 Å². The zero-order valence-corrected chi connectivity index (χ0v) is 14.2. The quantitative estimate of drug-likeness (QED) is 0.234. The fourth-order valence-electron chi connectivity index (χ4n) is 2.10. The molecule has 11 heteroatoms. The van der Waals surface area contributed by atoms with Crippen molar-refractivity contribution in [3.05, 3.63) is 29.8 Å². The van der Waals surface area contributed by atoms with E-state index >= 15 is 0 Å². The molecule has 0 unspecified atom stereocenters. The van der Waals surface area contributed by atoms with Gasteiger partial charge >= 0.3 is 11.9 Å². The van der Waals surface area contributed by atoms with Crippen LogP contribution in [0.3, 0.4) is 0 Å². The molecule has 11 nitrogen and oxygen atoms in total. The van der Waals surface area contributed by atoms with Gasteiger partial charge in [0.25, 0.3) is 0 Å². The highest BCUT2D eigenvalue weighted by Crippen LogP contribution is 2.11. The molecule has 0 bridgehead atoms. The Morgan fingerprint density at radius 3 is 2.00 bits per heavy atom. The van der Waals surface area contributed by atoms with Crippen molar-refractivity contribution in [2.24, 2.45) is 5.73 Å². The number of amides is 2. The molecule has 1 aromatic rings. The van der Waals surface area contributed by atoms with E-state index in [0.717, 1.165) is 0 Å². The van der Waals surface area contributed by atoms with Gasteiger partial charge in [0.15, 0.2) is 0 Å². The maximum absolute atomic E-state index is 12.1. The monoisotopic (exact) mass is 383 g/mol. The number of hydrogen-bond donors (Lipinski definition) is 7. The third-order valence-electron chi connectivity index (χ3n) is 3.54. The molecule has 0 aliphatic carbocycles. The van der Waals surface area contributed by atoms with E-state index in [9.17, 15) is 29.4 Å². The molecule has 0 heterocycles. The summed E-state index contributed by atoms with van der Waals surface area (Å²) >= 11 is 0. The Kier molecular flexibility index (Phi) is 8.17. The number of rotatable bonds is 10. The van der Waals surface area contributed by atoms with Crippen LogP contribution in [-0.4, -0.2) is 68.9 Å². The minimum absolute atomic E-state index is 0.0446. The van der Waals surface area contributed by atoms with E-state index in [2.05, 4.69) is 5.32 Å². The lowest BCUT2D eigenvalue weighted by Crippen LogP contribution is -2.56. The molecule has 2 amide bonds. The summed E-state index contributed by atoms with van der Waals surface area (Å²) in [6.45, 7) is -0.844. The first-order chi connectivity index (χ1) is 12.6. The van der Waals surface area contributed by atoms with Crippen molar-refractivity contribution >= 4 is 23.8 Å². The highest BCUT2D eigenvalue weighted by Gasteiger charge is 2.28. The normalized spacial score (nSPS) is 13.9. The van der Waals surface area contributed by atoms with E-state index in [4.69, 9.17) is 15.9 Å². The standard InChI is InChI=1S/C16H21N3O8/c17-10(5-8-1-3-9(21)4-2-8)14(24)19-12(7-20)15(25)18-11(16(26)27)6-13(22)23/h1-4,10-12,20-21H,5-7,17H2,(H,18,25)(H,19,24)(H,22,23)(H,26,27)/t10-,11-,12-/m0/s1.